The molecule has 1 N–H and O–H groups in total. The van der Waals surface area contributed by atoms with Gasteiger partial charge in [0, 0.05) is 34.3 Å². The maximum Gasteiger partial charge on any atom is 0.332 e. The number of nitrogens with zero attached hydrogens (tertiary/aromatic N) is 2. The Kier molecular flexibility index (Phi) is 7.09. The normalized spacial score (nSPS) is 18.2. The van der Waals surface area contributed by atoms with Crippen LogP contribution in [0.1, 0.15) is 24.0 Å². The third kappa shape index (κ3) is 4.87. The molecule has 200 valence electrons. The summed E-state index contributed by atoms with van der Waals surface area (Å²) in [6, 6.07) is 30.6. The fourth-order valence-electron chi connectivity index (χ4n) is 5.67. The number of fused-ring (bicyclic) bond motifs is 1. The zero-order valence-corrected chi connectivity index (χ0v) is 23.8. The summed E-state index contributed by atoms with van der Waals surface area (Å²) in [6.45, 7) is 0.539. The number of benzene rings is 4. The van der Waals surface area contributed by atoms with Crippen molar-refractivity contribution in [3.05, 3.63) is 118 Å². The fourth-order valence-corrected chi connectivity index (χ4v) is 6.43. The minimum Gasteiger partial charge on any atom is -0.346 e. The van der Waals surface area contributed by atoms with Crippen LogP contribution in [0.15, 0.2) is 97.1 Å². The van der Waals surface area contributed by atoms with Crippen molar-refractivity contribution >= 4 is 63.7 Å². The summed E-state index contributed by atoms with van der Waals surface area (Å²) in [6.07, 6.45) is 1.83. The van der Waals surface area contributed by atoms with Crippen molar-refractivity contribution < 1.29 is 9.59 Å². The van der Waals surface area contributed by atoms with Crippen molar-refractivity contribution in [1.29, 1.82) is 0 Å². The van der Waals surface area contributed by atoms with Gasteiger partial charge < -0.3 is 10.2 Å². The van der Waals surface area contributed by atoms with Gasteiger partial charge >= 0.3 is 6.03 Å². The Morgan fingerprint density at radius 1 is 0.850 bits per heavy atom. The Morgan fingerprint density at radius 3 is 2.30 bits per heavy atom. The van der Waals surface area contributed by atoms with E-state index < -0.39 is 5.54 Å². The highest BCUT2D eigenvalue weighted by molar-refractivity contribution is 7.81. The highest BCUT2D eigenvalue weighted by atomic mass is 35.5. The molecule has 2 aliphatic heterocycles. The van der Waals surface area contributed by atoms with Gasteiger partial charge in [-0.1, -0.05) is 96.1 Å². The molecule has 2 heterocycles. The van der Waals surface area contributed by atoms with E-state index in [2.05, 4.69) is 11.4 Å². The Labute approximate surface area is 248 Å². The van der Waals surface area contributed by atoms with E-state index in [-0.39, 0.29) is 11.9 Å². The van der Waals surface area contributed by atoms with Gasteiger partial charge in [-0.05, 0) is 65.9 Å². The molecule has 4 aromatic rings. The predicted molar refractivity (Wildman–Crippen MR) is 165 cm³/mol. The molecule has 0 saturated carbocycles. The number of carbonyl (C=O) groups is 2. The van der Waals surface area contributed by atoms with Crippen molar-refractivity contribution in [1.82, 2.24) is 4.90 Å². The van der Waals surface area contributed by atoms with Gasteiger partial charge in [-0.2, -0.15) is 0 Å². The molecule has 0 aromatic heterocycles. The Bertz CT molecular complexity index is 1610. The smallest absolute Gasteiger partial charge is 0.332 e. The zero-order chi connectivity index (χ0) is 27.9. The molecule has 6 rings (SSSR count). The van der Waals surface area contributed by atoms with E-state index in [1.807, 2.05) is 72.8 Å². The van der Waals surface area contributed by atoms with Crippen LogP contribution >= 0.6 is 35.4 Å². The SMILES string of the molecule is O=C1N(c2cc(Cl)cc(Cl)c2)C(=O)C2(Cc3ccc(-c4cccc(C(=S)Nc5ccccc5)c4)cc3)CCCN12. The van der Waals surface area contributed by atoms with Gasteiger partial charge in [0.15, 0.2) is 0 Å². The topological polar surface area (TPSA) is 52.7 Å². The number of thiocarbonyl (C=S) groups is 1. The Morgan fingerprint density at radius 2 is 1.57 bits per heavy atom. The molecule has 1 unspecified atom stereocenters. The summed E-state index contributed by atoms with van der Waals surface area (Å²) in [4.78, 5) is 30.8. The van der Waals surface area contributed by atoms with Crippen molar-refractivity contribution in [2.24, 2.45) is 0 Å². The van der Waals surface area contributed by atoms with Crippen LogP contribution in [0.5, 0.6) is 0 Å². The molecular weight excluding hydrogens is 561 g/mol. The number of rotatable bonds is 6. The molecule has 2 fully saturated rings. The van der Waals surface area contributed by atoms with E-state index in [1.54, 1.807) is 23.1 Å². The summed E-state index contributed by atoms with van der Waals surface area (Å²) in [7, 11) is 0. The number of urea groups is 1. The number of amides is 3. The summed E-state index contributed by atoms with van der Waals surface area (Å²) in [5, 5.41) is 4.04. The van der Waals surface area contributed by atoms with E-state index >= 15 is 0 Å². The minimum absolute atomic E-state index is 0.232. The number of carbonyl (C=O) groups excluding carboxylic acids is 2. The number of nitrogens with one attached hydrogen (secondary N) is 1. The molecule has 1 atom stereocenters. The van der Waals surface area contributed by atoms with Gasteiger partial charge in [0.1, 0.15) is 10.5 Å². The Balaban J connectivity index is 1.22. The first-order valence-corrected chi connectivity index (χ1v) is 14.2. The third-order valence-corrected chi connectivity index (χ3v) is 8.33. The summed E-state index contributed by atoms with van der Waals surface area (Å²) >= 11 is 18.0. The number of imide groups is 1. The van der Waals surface area contributed by atoms with Gasteiger partial charge in [0.2, 0.25) is 0 Å². The summed E-state index contributed by atoms with van der Waals surface area (Å²) < 4.78 is 0. The van der Waals surface area contributed by atoms with Crippen molar-refractivity contribution in [2.75, 3.05) is 16.8 Å². The fraction of sp³-hybridized carbons (Fsp3) is 0.156. The molecule has 8 heteroatoms. The van der Waals surface area contributed by atoms with E-state index in [4.69, 9.17) is 35.4 Å². The average molecular weight is 587 g/mol. The van der Waals surface area contributed by atoms with Crippen LogP contribution in [0.4, 0.5) is 16.2 Å². The number of halogens is 2. The highest BCUT2D eigenvalue weighted by Gasteiger charge is 2.59. The van der Waals surface area contributed by atoms with Crippen LogP contribution < -0.4 is 10.2 Å². The predicted octanol–water partition coefficient (Wildman–Crippen LogP) is 7.99. The second-order valence-corrected chi connectivity index (χ2v) is 11.4. The van der Waals surface area contributed by atoms with Crippen molar-refractivity contribution in [3.8, 4) is 11.1 Å². The van der Waals surface area contributed by atoms with Gasteiger partial charge in [0.05, 0.1) is 5.69 Å². The minimum atomic E-state index is -0.914. The molecule has 0 radical (unpaired) electrons. The summed E-state index contributed by atoms with van der Waals surface area (Å²) in [5.41, 5.74) is 4.42. The highest BCUT2D eigenvalue weighted by Crippen LogP contribution is 2.43. The molecule has 2 aliphatic rings. The third-order valence-electron chi connectivity index (χ3n) is 7.56. The van der Waals surface area contributed by atoms with Crippen LogP contribution in [0.2, 0.25) is 10.0 Å². The summed E-state index contributed by atoms with van der Waals surface area (Å²) in [5.74, 6) is -0.232. The molecule has 0 aliphatic carbocycles. The van der Waals surface area contributed by atoms with Crippen molar-refractivity contribution in [2.45, 2.75) is 24.8 Å². The van der Waals surface area contributed by atoms with Crippen molar-refractivity contribution in [3.63, 3.8) is 0 Å². The van der Waals surface area contributed by atoms with Gasteiger partial charge in [-0.25, -0.2) is 9.69 Å². The van der Waals surface area contributed by atoms with Crippen LogP contribution in [-0.2, 0) is 11.2 Å². The van der Waals surface area contributed by atoms with Crippen LogP contribution in [0.25, 0.3) is 11.1 Å². The molecule has 4 aromatic carbocycles. The standard InChI is InChI=1S/C32H25Cl2N3O2S/c33-25-17-26(34)19-28(18-25)37-30(38)32(14-5-15-36(32)31(37)39)20-21-10-12-22(13-11-21)23-6-4-7-24(16-23)29(40)35-27-8-2-1-3-9-27/h1-4,6-13,16-19H,5,14-15,20H2,(H,35,40). The molecule has 0 spiro atoms. The molecule has 40 heavy (non-hydrogen) atoms. The maximum atomic E-state index is 13.8. The van der Waals surface area contributed by atoms with E-state index in [0.29, 0.717) is 40.1 Å². The lowest BCUT2D eigenvalue weighted by atomic mass is 9.87. The van der Waals surface area contributed by atoms with Gasteiger partial charge in [-0.3, -0.25) is 4.79 Å². The van der Waals surface area contributed by atoms with Crippen LogP contribution in [-0.4, -0.2) is 33.9 Å². The monoisotopic (exact) mass is 585 g/mol. The maximum absolute atomic E-state index is 13.8. The van der Waals surface area contributed by atoms with Crippen LogP contribution in [0.3, 0.4) is 0 Å². The van der Waals surface area contributed by atoms with E-state index in [0.717, 1.165) is 34.4 Å². The molecular formula is C32H25Cl2N3O2S. The first-order valence-electron chi connectivity index (χ1n) is 13.0. The first-order chi connectivity index (χ1) is 19.3. The number of hydrogen-bond donors (Lipinski definition) is 1. The lowest BCUT2D eigenvalue weighted by Crippen LogP contribution is -2.47. The number of hydrogen-bond acceptors (Lipinski definition) is 3. The van der Waals surface area contributed by atoms with E-state index in [1.165, 1.54) is 4.90 Å². The van der Waals surface area contributed by atoms with Gasteiger partial charge in [0.25, 0.3) is 5.91 Å². The number of para-hydroxylation sites is 1. The molecule has 5 nitrogen and oxygen atoms in total. The largest absolute Gasteiger partial charge is 0.346 e. The Hall–Kier alpha value is -3.71. The lowest BCUT2D eigenvalue weighted by Gasteiger charge is -2.28. The second kappa shape index (κ2) is 10.7. The molecule has 3 amide bonds. The zero-order valence-electron chi connectivity index (χ0n) is 21.4. The van der Waals surface area contributed by atoms with Crippen LogP contribution in [0, 0.1) is 0 Å². The average Bonchev–Trinajstić information content (AvgIpc) is 3.46. The quantitative estimate of drug-likeness (QED) is 0.184. The second-order valence-electron chi connectivity index (χ2n) is 10.1. The van der Waals surface area contributed by atoms with E-state index in [9.17, 15) is 9.59 Å². The van der Waals surface area contributed by atoms with Gasteiger partial charge in [-0.15, -0.1) is 0 Å². The lowest BCUT2D eigenvalue weighted by molar-refractivity contribution is -0.123. The number of anilines is 2. The molecule has 0 bridgehead atoms. The first kappa shape index (κ1) is 26.5. The molecule has 2 saturated heterocycles.